The highest BCUT2D eigenvalue weighted by Crippen LogP contribution is 2.36. The van der Waals surface area contributed by atoms with Gasteiger partial charge in [0.1, 0.15) is 12.3 Å². The molecule has 0 spiro atoms. The molecular weight excluding hydrogens is 398 g/mol. The smallest absolute Gasteiger partial charge is 0.308 e. The molecule has 0 saturated heterocycles. The summed E-state index contributed by atoms with van der Waals surface area (Å²) < 4.78 is 22.9. The first-order valence-electron chi connectivity index (χ1n) is 8.89. The number of benzene rings is 1. The van der Waals surface area contributed by atoms with E-state index in [1.807, 2.05) is 6.07 Å². The van der Waals surface area contributed by atoms with E-state index in [0.29, 0.717) is 33.9 Å². The van der Waals surface area contributed by atoms with E-state index in [1.54, 1.807) is 22.8 Å². The molecule has 1 unspecified atom stereocenters. The van der Waals surface area contributed by atoms with Crippen LogP contribution < -0.4 is 15.0 Å². The van der Waals surface area contributed by atoms with E-state index in [2.05, 4.69) is 10.1 Å². The summed E-state index contributed by atoms with van der Waals surface area (Å²) in [6.07, 6.45) is 1.57. The largest absolute Gasteiger partial charge is 0.459 e. The van der Waals surface area contributed by atoms with Gasteiger partial charge in [-0.25, -0.2) is 4.98 Å². The van der Waals surface area contributed by atoms with Crippen LogP contribution in [0.5, 0.6) is 11.5 Å². The molecule has 5 rings (SSSR count). The number of carbonyl (C=O) groups excluding carboxylic acids is 1. The average Bonchev–Trinajstić information content (AvgIpc) is 3.46. The molecule has 4 heterocycles. The maximum atomic E-state index is 12.2. The van der Waals surface area contributed by atoms with Crippen molar-refractivity contribution in [2.24, 2.45) is 0 Å². The first kappa shape index (κ1) is 17.8. The molecule has 0 N–H and O–H groups in total. The summed E-state index contributed by atoms with van der Waals surface area (Å²) in [6, 6.07) is 8.28. The quantitative estimate of drug-likeness (QED) is 0.460. The summed E-state index contributed by atoms with van der Waals surface area (Å²) in [5, 5.41) is 4.57. The summed E-state index contributed by atoms with van der Waals surface area (Å²) >= 11 is 1.45. The molecule has 9 nitrogen and oxygen atoms in total. The third kappa shape index (κ3) is 3.46. The number of hydrogen-bond donors (Lipinski definition) is 0. The van der Waals surface area contributed by atoms with Crippen LogP contribution in [0.4, 0.5) is 0 Å². The molecule has 1 aromatic carbocycles. The van der Waals surface area contributed by atoms with Crippen LogP contribution in [-0.2, 0) is 16.1 Å². The van der Waals surface area contributed by atoms with Crippen LogP contribution in [0.3, 0.4) is 0 Å². The molecule has 0 amide bonds. The second-order valence-electron chi connectivity index (χ2n) is 6.52. The van der Waals surface area contributed by atoms with Gasteiger partial charge < -0.3 is 18.7 Å². The zero-order valence-corrected chi connectivity index (χ0v) is 15.9. The SMILES string of the molecule is O=C(CC1CSc2nccc(=O)n21)OCc1cc(-c2ccc3c(c2)OCO3)on1. The Bertz CT molecular complexity index is 1140. The predicted octanol–water partition coefficient (Wildman–Crippen LogP) is 2.41. The molecule has 2 aliphatic heterocycles. The molecule has 1 atom stereocenters. The summed E-state index contributed by atoms with van der Waals surface area (Å²) in [6.45, 7) is 0.185. The Morgan fingerprint density at radius 3 is 3.07 bits per heavy atom. The van der Waals surface area contributed by atoms with Crippen LogP contribution >= 0.6 is 11.8 Å². The summed E-state index contributed by atoms with van der Waals surface area (Å²) in [4.78, 5) is 28.4. The lowest BCUT2D eigenvalue weighted by atomic mass is 10.1. The van der Waals surface area contributed by atoms with Crippen LogP contribution in [-0.4, -0.2) is 33.2 Å². The van der Waals surface area contributed by atoms with Crippen molar-refractivity contribution < 1.29 is 23.5 Å². The zero-order chi connectivity index (χ0) is 19.8. The van der Waals surface area contributed by atoms with E-state index in [0.717, 1.165) is 5.56 Å². The second kappa shape index (κ2) is 7.28. The number of ether oxygens (including phenoxy) is 3. The Morgan fingerprint density at radius 1 is 1.24 bits per heavy atom. The Hall–Kier alpha value is -3.27. The van der Waals surface area contributed by atoms with Gasteiger partial charge in [-0.15, -0.1) is 0 Å². The van der Waals surface area contributed by atoms with Crippen LogP contribution in [0.15, 0.2) is 51.0 Å². The van der Waals surface area contributed by atoms with Gasteiger partial charge >= 0.3 is 5.97 Å². The first-order chi connectivity index (χ1) is 14.2. The molecule has 0 saturated carbocycles. The topological polar surface area (TPSA) is 106 Å². The third-order valence-corrected chi connectivity index (χ3v) is 5.73. The van der Waals surface area contributed by atoms with E-state index in [-0.39, 0.29) is 31.4 Å². The number of thioether (sulfide) groups is 1. The second-order valence-corrected chi connectivity index (χ2v) is 7.50. The third-order valence-electron chi connectivity index (χ3n) is 4.61. The minimum atomic E-state index is -0.410. The fraction of sp³-hybridized carbons (Fsp3) is 0.263. The number of hydrogen-bond acceptors (Lipinski definition) is 9. The molecule has 148 valence electrons. The summed E-state index contributed by atoms with van der Waals surface area (Å²) in [7, 11) is 0. The standard InChI is InChI=1S/C19H15N3O6S/c23-17-3-4-20-19-22(17)13(9-29-19)7-18(24)25-8-12-6-15(28-21-12)11-1-2-14-16(5-11)27-10-26-14/h1-6,13H,7-10H2. The van der Waals surface area contributed by atoms with Crippen LogP contribution in [0.1, 0.15) is 18.2 Å². The maximum absolute atomic E-state index is 12.2. The normalized spacial score (nSPS) is 16.6. The van der Waals surface area contributed by atoms with E-state index >= 15 is 0 Å². The highest BCUT2D eigenvalue weighted by Gasteiger charge is 2.27. The van der Waals surface area contributed by atoms with Crippen molar-refractivity contribution in [3.63, 3.8) is 0 Å². The molecule has 3 aromatic rings. The Labute approximate surface area is 168 Å². The van der Waals surface area contributed by atoms with E-state index in [4.69, 9.17) is 18.7 Å². The molecule has 0 bridgehead atoms. The highest BCUT2D eigenvalue weighted by molar-refractivity contribution is 7.99. The van der Waals surface area contributed by atoms with Gasteiger partial charge in [0.25, 0.3) is 5.56 Å². The molecule has 2 aromatic heterocycles. The fourth-order valence-corrected chi connectivity index (χ4v) is 4.33. The van der Waals surface area contributed by atoms with Crippen molar-refractivity contribution in [1.29, 1.82) is 0 Å². The zero-order valence-electron chi connectivity index (χ0n) is 15.1. The van der Waals surface area contributed by atoms with E-state index < -0.39 is 5.97 Å². The van der Waals surface area contributed by atoms with Crippen molar-refractivity contribution >= 4 is 17.7 Å². The average molecular weight is 413 g/mol. The molecule has 0 aliphatic carbocycles. The Kier molecular flexibility index (Phi) is 4.47. The monoisotopic (exact) mass is 413 g/mol. The van der Waals surface area contributed by atoms with Crippen molar-refractivity contribution in [3.8, 4) is 22.8 Å². The number of fused-ring (bicyclic) bond motifs is 2. The van der Waals surface area contributed by atoms with Crippen molar-refractivity contribution in [1.82, 2.24) is 14.7 Å². The summed E-state index contributed by atoms with van der Waals surface area (Å²) in [5.41, 5.74) is 1.11. The lowest BCUT2D eigenvalue weighted by molar-refractivity contribution is -0.145. The lowest BCUT2D eigenvalue weighted by Gasteiger charge is -2.11. The van der Waals surface area contributed by atoms with E-state index in [1.165, 1.54) is 24.0 Å². The van der Waals surface area contributed by atoms with Crippen LogP contribution in [0.25, 0.3) is 11.3 Å². The number of nitrogens with zero attached hydrogens (tertiary/aromatic N) is 3. The number of aromatic nitrogens is 3. The molecule has 10 heteroatoms. The fourth-order valence-electron chi connectivity index (χ4n) is 3.21. The van der Waals surface area contributed by atoms with Crippen molar-refractivity contribution in [3.05, 3.63) is 52.6 Å². The number of rotatable bonds is 5. The molecule has 29 heavy (non-hydrogen) atoms. The van der Waals surface area contributed by atoms with Gasteiger partial charge in [0.15, 0.2) is 22.4 Å². The van der Waals surface area contributed by atoms with Gasteiger partial charge in [0.05, 0.1) is 12.5 Å². The molecule has 2 aliphatic rings. The minimum absolute atomic E-state index is 0.0124. The number of carbonyl (C=O) groups is 1. The van der Waals surface area contributed by atoms with Crippen molar-refractivity contribution in [2.45, 2.75) is 24.2 Å². The maximum Gasteiger partial charge on any atom is 0.308 e. The molecule has 0 fully saturated rings. The lowest BCUT2D eigenvalue weighted by Crippen LogP contribution is -2.25. The molecular formula is C19H15N3O6S. The first-order valence-corrected chi connectivity index (χ1v) is 9.87. The van der Waals surface area contributed by atoms with Gasteiger partial charge in [-0.1, -0.05) is 16.9 Å². The van der Waals surface area contributed by atoms with Gasteiger partial charge in [-0.05, 0) is 18.2 Å². The Morgan fingerprint density at radius 2 is 2.14 bits per heavy atom. The molecule has 0 radical (unpaired) electrons. The Balaban J connectivity index is 1.21. The predicted molar refractivity (Wildman–Crippen MR) is 101 cm³/mol. The summed E-state index contributed by atoms with van der Waals surface area (Å²) in [5.74, 6) is 2.06. The van der Waals surface area contributed by atoms with Gasteiger partial charge in [0, 0.05) is 29.6 Å². The minimum Gasteiger partial charge on any atom is -0.459 e. The van der Waals surface area contributed by atoms with Crippen LogP contribution in [0.2, 0.25) is 0 Å². The van der Waals surface area contributed by atoms with Gasteiger partial charge in [-0.2, -0.15) is 0 Å². The van der Waals surface area contributed by atoms with Crippen molar-refractivity contribution in [2.75, 3.05) is 12.5 Å². The van der Waals surface area contributed by atoms with E-state index in [9.17, 15) is 9.59 Å². The highest BCUT2D eigenvalue weighted by atomic mass is 32.2. The van der Waals surface area contributed by atoms with Crippen LogP contribution in [0, 0.1) is 0 Å². The van der Waals surface area contributed by atoms with Gasteiger partial charge in [-0.3, -0.25) is 14.2 Å². The number of esters is 1. The van der Waals surface area contributed by atoms with Gasteiger partial charge in [0.2, 0.25) is 6.79 Å².